The van der Waals surface area contributed by atoms with Gasteiger partial charge in [-0.25, -0.2) is 0 Å². The molecular weight excluding hydrogens is 192 g/mol. The van der Waals surface area contributed by atoms with E-state index >= 15 is 0 Å². The van der Waals surface area contributed by atoms with E-state index in [0.29, 0.717) is 10.8 Å². The number of hydrogen-bond acceptors (Lipinski definition) is 0. The van der Waals surface area contributed by atoms with Gasteiger partial charge in [0.05, 0.1) is 0 Å². The van der Waals surface area contributed by atoms with Gasteiger partial charge in [-0.3, -0.25) is 0 Å². The van der Waals surface area contributed by atoms with E-state index in [4.69, 9.17) is 11.6 Å². The standard InChI is InChI=1S/C13H21Cl/c1-9-4-5-11-8-12(14)6-7-13(11,3)10(9)2/h5,9-10,12H,4,6-8H2,1-3H3/t9?,10?,12-,13+/m0/s1. The van der Waals surface area contributed by atoms with E-state index in [1.807, 2.05) is 0 Å². The van der Waals surface area contributed by atoms with Gasteiger partial charge < -0.3 is 0 Å². The second-order valence-corrected chi connectivity index (χ2v) is 6.11. The summed E-state index contributed by atoms with van der Waals surface area (Å²) in [5.74, 6) is 1.67. The van der Waals surface area contributed by atoms with Gasteiger partial charge in [-0.05, 0) is 42.9 Å². The molecule has 0 heterocycles. The summed E-state index contributed by atoms with van der Waals surface area (Å²) in [5, 5.41) is 0.398. The minimum Gasteiger partial charge on any atom is -0.123 e. The molecule has 0 aliphatic heterocycles. The molecule has 1 saturated carbocycles. The zero-order valence-corrected chi connectivity index (χ0v) is 10.3. The molecule has 0 saturated heterocycles. The fourth-order valence-electron chi connectivity index (χ4n) is 3.19. The Labute approximate surface area is 92.7 Å². The number of allylic oxidation sites excluding steroid dienone is 2. The zero-order valence-electron chi connectivity index (χ0n) is 9.52. The third-order valence-corrected chi connectivity index (χ3v) is 5.12. The molecule has 0 radical (unpaired) electrons. The van der Waals surface area contributed by atoms with Crippen molar-refractivity contribution in [1.82, 2.24) is 0 Å². The van der Waals surface area contributed by atoms with Gasteiger partial charge in [0, 0.05) is 5.38 Å². The van der Waals surface area contributed by atoms with E-state index in [2.05, 4.69) is 26.8 Å². The van der Waals surface area contributed by atoms with Crippen LogP contribution in [0.5, 0.6) is 0 Å². The topological polar surface area (TPSA) is 0 Å². The van der Waals surface area contributed by atoms with Crippen LogP contribution in [-0.2, 0) is 0 Å². The molecule has 80 valence electrons. The number of halogens is 1. The maximum Gasteiger partial charge on any atom is 0.0373 e. The van der Waals surface area contributed by atoms with Crippen LogP contribution in [0.1, 0.15) is 46.5 Å². The van der Waals surface area contributed by atoms with Crippen molar-refractivity contribution < 1.29 is 0 Å². The van der Waals surface area contributed by atoms with Crippen LogP contribution < -0.4 is 0 Å². The van der Waals surface area contributed by atoms with Crippen LogP contribution in [0.4, 0.5) is 0 Å². The average Bonchev–Trinajstić information content (AvgIpc) is 2.16. The van der Waals surface area contributed by atoms with Gasteiger partial charge in [0.25, 0.3) is 0 Å². The van der Waals surface area contributed by atoms with E-state index in [1.165, 1.54) is 19.3 Å². The molecule has 2 unspecified atom stereocenters. The first-order valence-electron chi connectivity index (χ1n) is 5.87. The summed E-state index contributed by atoms with van der Waals surface area (Å²) in [6, 6.07) is 0. The van der Waals surface area contributed by atoms with Gasteiger partial charge >= 0.3 is 0 Å². The van der Waals surface area contributed by atoms with Gasteiger partial charge in [0.15, 0.2) is 0 Å². The van der Waals surface area contributed by atoms with Crippen molar-refractivity contribution in [2.75, 3.05) is 0 Å². The summed E-state index contributed by atoms with van der Waals surface area (Å²) in [7, 11) is 0. The molecule has 0 N–H and O–H groups in total. The molecule has 4 atom stereocenters. The molecule has 2 rings (SSSR count). The Morgan fingerprint density at radius 1 is 1.43 bits per heavy atom. The van der Waals surface area contributed by atoms with Gasteiger partial charge in [-0.1, -0.05) is 32.4 Å². The van der Waals surface area contributed by atoms with Crippen LogP contribution in [0.2, 0.25) is 0 Å². The molecule has 1 heteroatoms. The van der Waals surface area contributed by atoms with Crippen molar-refractivity contribution >= 4 is 11.6 Å². The van der Waals surface area contributed by atoms with E-state index in [1.54, 1.807) is 5.57 Å². The second kappa shape index (κ2) is 3.56. The largest absolute Gasteiger partial charge is 0.123 e. The van der Waals surface area contributed by atoms with Crippen molar-refractivity contribution in [3.8, 4) is 0 Å². The Balaban J connectivity index is 2.28. The van der Waals surface area contributed by atoms with Crippen LogP contribution >= 0.6 is 11.6 Å². The summed E-state index contributed by atoms with van der Waals surface area (Å²) in [5.41, 5.74) is 2.11. The van der Waals surface area contributed by atoms with Crippen LogP contribution in [0, 0.1) is 17.3 Å². The number of fused-ring (bicyclic) bond motifs is 1. The monoisotopic (exact) mass is 212 g/mol. The second-order valence-electron chi connectivity index (χ2n) is 5.49. The minimum absolute atomic E-state index is 0.398. The van der Waals surface area contributed by atoms with Crippen molar-refractivity contribution in [2.45, 2.75) is 51.8 Å². The third kappa shape index (κ3) is 1.52. The predicted molar refractivity (Wildman–Crippen MR) is 62.6 cm³/mol. The first-order valence-corrected chi connectivity index (χ1v) is 6.31. The molecule has 0 amide bonds. The Morgan fingerprint density at radius 3 is 2.86 bits per heavy atom. The maximum atomic E-state index is 6.24. The Hall–Kier alpha value is 0.0300. The van der Waals surface area contributed by atoms with Gasteiger partial charge in [-0.2, -0.15) is 0 Å². The smallest absolute Gasteiger partial charge is 0.0373 e. The number of hydrogen-bond donors (Lipinski definition) is 0. The highest BCUT2D eigenvalue weighted by Crippen LogP contribution is 2.52. The van der Waals surface area contributed by atoms with Gasteiger partial charge in [0.1, 0.15) is 0 Å². The van der Waals surface area contributed by atoms with E-state index < -0.39 is 0 Å². The van der Waals surface area contributed by atoms with Crippen LogP contribution in [0.25, 0.3) is 0 Å². The van der Waals surface area contributed by atoms with Gasteiger partial charge in [0.2, 0.25) is 0 Å². The molecule has 1 fully saturated rings. The lowest BCUT2D eigenvalue weighted by molar-refractivity contribution is 0.134. The lowest BCUT2D eigenvalue weighted by Crippen LogP contribution is -2.39. The van der Waals surface area contributed by atoms with Crippen molar-refractivity contribution in [2.24, 2.45) is 17.3 Å². The molecule has 0 aromatic heterocycles. The molecular formula is C13H21Cl. The normalized spacial score (nSPS) is 48.3. The third-order valence-electron chi connectivity index (χ3n) is 4.75. The van der Waals surface area contributed by atoms with Crippen LogP contribution in [-0.4, -0.2) is 5.38 Å². The molecule has 0 spiro atoms. The van der Waals surface area contributed by atoms with E-state index in [0.717, 1.165) is 18.3 Å². The highest BCUT2D eigenvalue weighted by atomic mass is 35.5. The Morgan fingerprint density at radius 2 is 2.14 bits per heavy atom. The lowest BCUT2D eigenvalue weighted by Gasteiger charge is -2.48. The summed E-state index contributed by atoms with van der Waals surface area (Å²) in [6.45, 7) is 7.25. The first kappa shape index (κ1) is 10.5. The zero-order chi connectivity index (χ0) is 10.3. The molecule has 0 aromatic rings. The van der Waals surface area contributed by atoms with Crippen molar-refractivity contribution in [1.29, 1.82) is 0 Å². The summed E-state index contributed by atoms with van der Waals surface area (Å²) < 4.78 is 0. The quantitative estimate of drug-likeness (QED) is 0.413. The number of rotatable bonds is 0. The molecule has 0 bridgehead atoms. The Kier molecular flexibility index (Phi) is 2.68. The van der Waals surface area contributed by atoms with Crippen LogP contribution in [0.15, 0.2) is 11.6 Å². The SMILES string of the molecule is CC1CC=C2C[C@@H](Cl)CC[C@]2(C)C1C. The molecule has 0 nitrogen and oxygen atoms in total. The average molecular weight is 213 g/mol. The maximum absolute atomic E-state index is 6.24. The lowest BCUT2D eigenvalue weighted by atomic mass is 9.58. The summed E-state index contributed by atoms with van der Waals surface area (Å²) in [6.07, 6.45) is 7.36. The fraction of sp³-hybridized carbons (Fsp3) is 0.846. The van der Waals surface area contributed by atoms with Gasteiger partial charge in [-0.15, -0.1) is 11.6 Å². The van der Waals surface area contributed by atoms with E-state index in [-0.39, 0.29) is 0 Å². The molecule has 14 heavy (non-hydrogen) atoms. The highest BCUT2D eigenvalue weighted by Gasteiger charge is 2.42. The number of alkyl halides is 1. The molecule has 0 aromatic carbocycles. The Bertz CT molecular complexity index is 256. The summed E-state index contributed by atoms with van der Waals surface area (Å²) in [4.78, 5) is 0. The van der Waals surface area contributed by atoms with Crippen molar-refractivity contribution in [3.05, 3.63) is 11.6 Å². The fourth-order valence-corrected chi connectivity index (χ4v) is 3.46. The van der Waals surface area contributed by atoms with Crippen LogP contribution in [0.3, 0.4) is 0 Å². The minimum atomic E-state index is 0.398. The van der Waals surface area contributed by atoms with Crippen molar-refractivity contribution in [3.63, 3.8) is 0 Å². The first-order chi connectivity index (χ1) is 6.54. The molecule has 2 aliphatic carbocycles. The molecule has 2 aliphatic rings. The highest BCUT2D eigenvalue weighted by molar-refractivity contribution is 6.20. The van der Waals surface area contributed by atoms with E-state index in [9.17, 15) is 0 Å². The summed E-state index contributed by atoms with van der Waals surface area (Å²) >= 11 is 6.24. The predicted octanol–water partition coefficient (Wildman–Crippen LogP) is 4.39.